The molecule has 0 bridgehead atoms. The average Bonchev–Trinajstić information content (AvgIpc) is 2.86. The van der Waals surface area contributed by atoms with E-state index < -0.39 is 0 Å². The predicted molar refractivity (Wildman–Crippen MR) is 86.5 cm³/mol. The van der Waals surface area contributed by atoms with E-state index in [1.807, 2.05) is 11.3 Å². The van der Waals surface area contributed by atoms with Crippen LogP contribution in [-0.2, 0) is 4.74 Å². The number of morpholine rings is 1. The van der Waals surface area contributed by atoms with Crippen LogP contribution in [-0.4, -0.2) is 43.3 Å². The monoisotopic (exact) mass is 296 g/mol. The van der Waals surface area contributed by atoms with Crippen molar-refractivity contribution in [2.75, 3.05) is 26.2 Å². The molecule has 1 aliphatic rings. The van der Waals surface area contributed by atoms with E-state index in [-0.39, 0.29) is 6.10 Å². The number of hydrogen-bond donors (Lipinski definition) is 1. The van der Waals surface area contributed by atoms with Crippen LogP contribution < -0.4 is 5.32 Å². The molecule has 1 saturated heterocycles. The van der Waals surface area contributed by atoms with Gasteiger partial charge in [-0.1, -0.05) is 6.92 Å². The predicted octanol–water partition coefficient (Wildman–Crippen LogP) is 3.21. The van der Waals surface area contributed by atoms with Crippen molar-refractivity contribution in [3.05, 3.63) is 21.9 Å². The van der Waals surface area contributed by atoms with Crippen molar-refractivity contribution in [1.82, 2.24) is 10.2 Å². The number of hydrogen-bond acceptors (Lipinski definition) is 4. The fraction of sp³-hybridized carbons (Fsp3) is 0.750. The summed E-state index contributed by atoms with van der Waals surface area (Å²) in [6.07, 6.45) is 1.41. The average molecular weight is 296 g/mol. The molecule has 0 aliphatic carbocycles. The molecule has 0 radical (unpaired) electrons. The van der Waals surface area contributed by atoms with Crippen LogP contribution in [0, 0.1) is 6.92 Å². The van der Waals surface area contributed by atoms with Gasteiger partial charge in [0.25, 0.3) is 0 Å². The van der Waals surface area contributed by atoms with E-state index in [9.17, 15) is 0 Å². The topological polar surface area (TPSA) is 24.5 Å². The van der Waals surface area contributed by atoms with E-state index in [4.69, 9.17) is 4.74 Å². The summed E-state index contributed by atoms with van der Waals surface area (Å²) < 4.78 is 6.10. The highest BCUT2D eigenvalue weighted by molar-refractivity contribution is 7.10. The van der Waals surface area contributed by atoms with Crippen molar-refractivity contribution < 1.29 is 4.74 Å². The number of nitrogens with zero attached hydrogens (tertiary/aromatic N) is 1. The second-order valence-corrected chi connectivity index (χ2v) is 6.98. The number of thiophene rings is 1. The summed E-state index contributed by atoms with van der Waals surface area (Å²) in [6.45, 7) is 12.9. The molecular weight excluding hydrogens is 268 g/mol. The molecule has 2 rings (SSSR count). The number of aryl methyl sites for hydroxylation is 1. The highest BCUT2D eigenvalue weighted by Gasteiger charge is 2.30. The minimum Gasteiger partial charge on any atom is -0.374 e. The van der Waals surface area contributed by atoms with Gasteiger partial charge in [0.05, 0.1) is 18.8 Å². The van der Waals surface area contributed by atoms with Gasteiger partial charge < -0.3 is 10.1 Å². The van der Waals surface area contributed by atoms with Gasteiger partial charge in [-0.2, -0.15) is 0 Å². The van der Waals surface area contributed by atoms with E-state index in [1.165, 1.54) is 10.4 Å². The first-order chi connectivity index (χ1) is 9.63. The lowest BCUT2D eigenvalue weighted by Gasteiger charge is -2.39. The first-order valence-corrected chi connectivity index (χ1v) is 8.64. The van der Waals surface area contributed by atoms with Crippen molar-refractivity contribution in [2.45, 2.75) is 52.3 Å². The van der Waals surface area contributed by atoms with Gasteiger partial charge >= 0.3 is 0 Å². The van der Waals surface area contributed by atoms with Crippen LogP contribution in [0.5, 0.6) is 0 Å². The molecular formula is C16H28N2OS. The van der Waals surface area contributed by atoms with E-state index in [0.29, 0.717) is 12.1 Å². The largest absolute Gasteiger partial charge is 0.374 e. The summed E-state index contributed by atoms with van der Waals surface area (Å²) in [6, 6.07) is 3.17. The lowest BCUT2D eigenvalue weighted by molar-refractivity contribution is -0.0560. The summed E-state index contributed by atoms with van der Waals surface area (Å²) >= 11 is 1.83. The smallest absolute Gasteiger partial charge is 0.0897 e. The highest BCUT2D eigenvalue weighted by Crippen LogP contribution is 2.28. The first kappa shape index (κ1) is 16.0. The van der Waals surface area contributed by atoms with Gasteiger partial charge in [0.1, 0.15) is 0 Å². The van der Waals surface area contributed by atoms with Crippen LogP contribution in [0.3, 0.4) is 0 Å². The van der Waals surface area contributed by atoms with E-state index in [2.05, 4.69) is 49.4 Å². The van der Waals surface area contributed by atoms with Crippen LogP contribution in [0.25, 0.3) is 0 Å². The van der Waals surface area contributed by atoms with Gasteiger partial charge in [-0.3, -0.25) is 4.90 Å². The standard InChI is InChI=1S/C16H28N2OS/c1-5-7-17-16(14-6-10-20-13(14)4)15-11-18(12(2)3)8-9-19-15/h6,10,12,15-17H,5,7-9,11H2,1-4H3. The van der Waals surface area contributed by atoms with Gasteiger partial charge in [-0.25, -0.2) is 0 Å². The quantitative estimate of drug-likeness (QED) is 0.872. The molecule has 2 unspecified atom stereocenters. The van der Waals surface area contributed by atoms with E-state index >= 15 is 0 Å². The Hall–Kier alpha value is -0.420. The summed E-state index contributed by atoms with van der Waals surface area (Å²) in [7, 11) is 0. The molecule has 114 valence electrons. The van der Waals surface area contributed by atoms with Crippen LogP contribution in [0.15, 0.2) is 11.4 Å². The first-order valence-electron chi connectivity index (χ1n) is 7.76. The maximum absolute atomic E-state index is 6.10. The number of rotatable bonds is 6. The minimum absolute atomic E-state index is 0.256. The molecule has 1 fully saturated rings. The van der Waals surface area contributed by atoms with Crippen molar-refractivity contribution in [3.63, 3.8) is 0 Å². The number of nitrogens with one attached hydrogen (secondary N) is 1. The zero-order valence-corrected chi connectivity index (χ0v) is 14.0. The highest BCUT2D eigenvalue weighted by atomic mass is 32.1. The normalized spacial score (nSPS) is 22.4. The zero-order chi connectivity index (χ0) is 14.5. The SMILES string of the molecule is CCCNC(c1ccsc1C)C1CN(C(C)C)CCO1. The third-order valence-corrected chi connectivity index (χ3v) is 4.94. The van der Waals surface area contributed by atoms with Gasteiger partial charge in [0, 0.05) is 24.0 Å². The van der Waals surface area contributed by atoms with Crippen LogP contribution in [0.2, 0.25) is 0 Å². The number of ether oxygens (including phenoxy) is 1. The Labute approximate surface area is 127 Å². The van der Waals surface area contributed by atoms with Crippen LogP contribution in [0.1, 0.15) is 43.7 Å². The second kappa shape index (κ2) is 7.55. The second-order valence-electron chi connectivity index (χ2n) is 5.86. The molecule has 3 nitrogen and oxygen atoms in total. The van der Waals surface area contributed by atoms with E-state index in [1.54, 1.807) is 0 Å². The van der Waals surface area contributed by atoms with Gasteiger partial charge in [0.15, 0.2) is 0 Å². The molecule has 1 aliphatic heterocycles. The molecule has 1 N–H and O–H groups in total. The molecule has 1 aromatic heterocycles. The third kappa shape index (κ3) is 3.82. The third-order valence-electron chi connectivity index (χ3n) is 4.08. The Balaban J connectivity index is 2.12. The fourth-order valence-electron chi connectivity index (χ4n) is 2.83. The van der Waals surface area contributed by atoms with Crippen molar-refractivity contribution in [2.24, 2.45) is 0 Å². The molecule has 0 amide bonds. The van der Waals surface area contributed by atoms with Gasteiger partial charge in [-0.15, -0.1) is 11.3 Å². The molecule has 2 atom stereocenters. The molecule has 0 saturated carbocycles. The van der Waals surface area contributed by atoms with Crippen molar-refractivity contribution in [3.8, 4) is 0 Å². The Kier molecular flexibility index (Phi) is 6.02. The Morgan fingerprint density at radius 1 is 1.50 bits per heavy atom. The Bertz CT molecular complexity index is 405. The summed E-state index contributed by atoms with van der Waals surface area (Å²) in [5.74, 6) is 0. The fourth-order valence-corrected chi connectivity index (χ4v) is 3.58. The lowest BCUT2D eigenvalue weighted by atomic mass is 10.00. The molecule has 1 aromatic rings. The summed E-state index contributed by atoms with van der Waals surface area (Å²) in [5.41, 5.74) is 1.42. The van der Waals surface area contributed by atoms with Crippen LogP contribution in [0.4, 0.5) is 0 Å². The van der Waals surface area contributed by atoms with Gasteiger partial charge in [0.2, 0.25) is 0 Å². The van der Waals surface area contributed by atoms with E-state index in [0.717, 1.165) is 32.7 Å². The van der Waals surface area contributed by atoms with Gasteiger partial charge in [-0.05, 0) is 50.7 Å². The maximum atomic E-state index is 6.10. The van der Waals surface area contributed by atoms with Crippen molar-refractivity contribution >= 4 is 11.3 Å². The van der Waals surface area contributed by atoms with Crippen molar-refractivity contribution in [1.29, 1.82) is 0 Å². The van der Waals surface area contributed by atoms with Crippen LogP contribution >= 0.6 is 11.3 Å². The molecule has 4 heteroatoms. The molecule has 0 aromatic carbocycles. The molecule has 20 heavy (non-hydrogen) atoms. The Morgan fingerprint density at radius 2 is 2.30 bits per heavy atom. The summed E-state index contributed by atoms with van der Waals surface area (Å²) in [5, 5.41) is 5.89. The molecule has 2 heterocycles. The Morgan fingerprint density at radius 3 is 2.90 bits per heavy atom. The lowest BCUT2D eigenvalue weighted by Crippen LogP contribution is -2.50. The zero-order valence-electron chi connectivity index (χ0n) is 13.2. The maximum Gasteiger partial charge on any atom is 0.0897 e. The minimum atomic E-state index is 0.256. The summed E-state index contributed by atoms with van der Waals surface area (Å²) in [4.78, 5) is 3.93. The molecule has 0 spiro atoms.